The van der Waals surface area contributed by atoms with Crippen LogP contribution in [0.3, 0.4) is 0 Å². The Morgan fingerprint density at radius 1 is 1.22 bits per heavy atom. The van der Waals surface area contributed by atoms with Gasteiger partial charge in [0.1, 0.15) is 11.6 Å². The predicted octanol–water partition coefficient (Wildman–Crippen LogP) is 5.36. The molecule has 0 radical (unpaired) electrons. The summed E-state index contributed by atoms with van der Waals surface area (Å²) in [6.45, 7) is 1.38. The molecule has 0 saturated carbocycles. The number of rotatable bonds is 4. The minimum Gasteiger partial charge on any atom is -0.467 e. The van der Waals surface area contributed by atoms with E-state index in [1.807, 2.05) is 53.6 Å². The van der Waals surface area contributed by atoms with E-state index in [1.54, 1.807) is 11.8 Å². The molecule has 4 rings (SSSR count). The largest absolute Gasteiger partial charge is 0.467 e. The molecule has 4 nitrogen and oxygen atoms in total. The van der Waals surface area contributed by atoms with Gasteiger partial charge in [0.05, 0.1) is 15.3 Å². The molecule has 1 aliphatic rings. The number of halogens is 1. The molecule has 1 aliphatic heterocycles. The Balaban J connectivity index is 1.39. The zero-order chi connectivity index (χ0) is 18.8. The summed E-state index contributed by atoms with van der Waals surface area (Å²) in [4.78, 5) is 20.3. The van der Waals surface area contributed by atoms with E-state index >= 15 is 0 Å². The van der Waals surface area contributed by atoms with Gasteiger partial charge in [0, 0.05) is 30.8 Å². The van der Waals surface area contributed by atoms with Crippen molar-refractivity contribution in [2.24, 2.45) is 0 Å². The van der Waals surface area contributed by atoms with Gasteiger partial charge in [-0.1, -0.05) is 41.1 Å². The second-order valence-corrected chi connectivity index (χ2v) is 8.62. The summed E-state index contributed by atoms with van der Waals surface area (Å²) >= 11 is 9.31. The number of hydrogen-bond acceptors (Lipinski definition) is 5. The summed E-state index contributed by atoms with van der Waals surface area (Å²) < 4.78 is 7.11. The number of benzene rings is 2. The smallest absolute Gasteiger partial charge is 0.274 e. The van der Waals surface area contributed by atoms with Crippen molar-refractivity contribution in [1.29, 1.82) is 0 Å². The fourth-order valence-electron chi connectivity index (χ4n) is 3.26. The van der Waals surface area contributed by atoms with E-state index in [4.69, 9.17) is 16.3 Å². The average molecular weight is 419 g/mol. The molecule has 2 heterocycles. The first kappa shape index (κ1) is 18.6. The minimum atomic E-state index is 0.0733. The molecule has 140 valence electrons. The van der Waals surface area contributed by atoms with Crippen LogP contribution >= 0.6 is 34.7 Å². The summed E-state index contributed by atoms with van der Waals surface area (Å²) in [7, 11) is 0. The number of ether oxygens (including phenoxy) is 1. The lowest BCUT2D eigenvalue weighted by Gasteiger charge is -2.32. The Labute approximate surface area is 171 Å². The van der Waals surface area contributed by atoms with E-state index in [2.05, 4.69) is 4.98 Å². The quantitative estimate of drug-likeness (QED) is 0.535. The number of carbonyl (C=O) groups excluding carboxylic acids is 1. The van der Waals surface area contributed by atoms with Gasteiger partial charge in [-0.3, -0.25) is 4.79 Å². The highest BCUT2D eigenvalue weighted by Gasteiger charge is 2.26. The van der Waals surface area contributed by atoms with Crippen molar-refractivity contribution >= 4 is 50.8 Å². The number of nitrogens with zero attached hydrogens (tertiary/aromatic N) is 2. The first-order chi connectivity index (χ1) is 13.2. The Bertz CT molecular complexity index is 968. The SMILES string of the molecule is CSc1ccccc1C(=O)N1CCC(Oc2nc3c(Cl)cccc3s2)CC1. The van der Waals surface area contributed by atoms with Crippen LogP contribution in [0.1, 0.15) is 23.2 Å². The molecule has 0 bridgehead atoms. The summed E-state index contributed by atoms with van der Waals surface area (Å²) in [5, 5.41) is 1.29. The van der Waals surface area contributed by atoms with Crippen molar-refractivity contribution in [1.82, 2.24) is 9.88 Å². The normalized spacial score (nSPS) is 15.3. The molecule has 0 N–H and O–H groups in total. The number of piperidine rings is 1. The molecule has 0 unspecified atom stereocenters. The molecule has 7 heteroatoms. The highest BCUT2D eigenvalue weighted by atomic mass is 35.5. The van der Waals surface area contributed by atoms with Crippen molar-refractivity contribution in [2.75, 3.05) is 19.3 Å². The molecule has 0 spiro atoms. The van der Waals surface area contributed by atoms with Gasteiger partial charge >= 0.3 is 0 Å². The third kappa shape index (κ3) is 3.93. The summed E-state index contributed by atoms with van der Waals surface area (Å²) in [5.41, 5.74) is 1.57. The number of para-hydroxylation sites is 1. The van der Waals surface area contributed by atoms with Crippen molar-refractivity contribution < 1.29 is 9.53 Å². The molecule has 3 aromatic rings. The Morgan fingerprint density at radius 2 is 2.00 bits per heavy atom. The molecule has 1 fully saturated rings. The van der Waals surface area contributed by atoms with E-state index in [0.717, 1.165) is 33.5 Å². The summed E-state index contributed by atoms with van der Waals surface area (Å²) in [6, 6.07) is 13.5. The number of fused-ring (bicyclic) bond motifs is 1. The zero-order valence-corrected chi connectivity index (χ0v) is 17.2. The number of amides is 1. The van der Waals surface area contributed by atoms with Crippen LogP contribution in [-0.4, -0.2) is 41.2 Å². The fourth-order valence-corrected chi connectivity index (χ4v) is 5.03. The highest BCUT2D eigenvalue weighted by Crippen LogP contribution is 2.33. The molecular weight excluding hydrogens is 400 g/mol. The maximum absolute atomic E-state index is 12.8. The summed E-state index contributed by atoms with van der Waals surface area (Å²) in [5.74, 6) is 0.102. The van der Waals surface area contributed by atoms with Crippen LogP contribution in [0.4, 0.5) is 0 Å². The number of thiazole rings is 1. The number of likely N-dealkylation sites (tertiary alicyclic amines) is 1. The van der Waals surface area contributed by atoms with Crippen molar-refractivity contribution in [3.05, 3.63) is 53.1 Å². The molecule has 2 aromatic carbocycles. The van der Waals surface area contributed by atoms with Gasteiger partial charge in [-0.25, -0.2) is 4.98 Å². The third-order valence-corrected chi connectivity index (χ3v) is 6.70. The maximum atomic E-state index is 12.8. The van der Waals surface area contributed by atoms with Gasteiger partial charge < -0.3 is 9.64 Å². The van der Waals surface area contributed by atoms with Gasteiger partial charge in [-0.05, 0) is 30.5 Å². The third-order valence-electron chi connectivity index (χ3n) is 4.68. The maximum Gasteiger partial charge on any atom is 0.274 e. The van der Waals surface area contributed by atoms with Crippen molar-refractivity contribution in [2.45, 2.75) is 23.8 Å². The van der Waals surface area contributed by atoms with Crippen molar-refractivity contribution in [3.63, 3.8) is 0 Å². The highest BCUT2D eigenvalue weighted by molar-refractivity contribution is 7.98. The molecule has 1 aromatic heterocycles. The van der Waals surface area contributed by atoms with Crippen LogP contribution in [0.2, 0.25) is 5.02 Å². The van der Waals surface area contributed by atoms with E-state index in [-0.39, 0.29) is 12.0 Å². The van der Waals surface area contributed by atoms with Gasteiger partial charge in [-0.15, -0.1) is 11.8 Å². The molecule has 27 heavy (non-hydrogen) atoms. The second-order valence-electron chi connectivity index (χ2n) is 6.38. The molecule has 0 aliphatic carbocycles. The number of hydrogen-bond donors (Lipinski definition) is 0. The van der Waals surface area contributed by atoms with Crippen molar-refractivity contribution in [3.8, 4) is 5.19 Å². The van der Waals surface area contributed by atoms with Gasteiger partial charge in [0.2, 0.25) is 0 Å². The number of carbonyl (C=O) groups is 1. The predicted molar refractivity (Wildman–Crippen MR) is 112 cm³/mol. The molecule has 1 amide bonds. The Hall–Kier alpha value is -1.76. The molecule has 0 atom stereocenters. The number of thioether (sulfide) groups is 1. The van der Waals surface area contributed by atoms with Gasteiger partial charge in [-0.2, -0.15) is 0 Å². The van der Waals surface area contributed by atoms with Gasteiger partial charge in [0.15, 0.2) is 0 Å². The fraction of sp³-hybridized carbons (Fsp3) is 0.300. The molecule has 1 saturated heterocycles. The number of aromatic nitrogens is 1. The Morgan fingerprint density at radius 3 is 2.74 bits per heavy atom. The lowest BCUT2D eigenvalue weighted by Crippen LogP contribution is -2.41. The zero-order valence-electron chi connectivity index (χ0n) is 14.9. The average Bonchev–Trinajstić information content (AvgIpc) is 3.12. The monoisotopic (exact) mass is 418 g/mol. The Kier molecular flexibility index (Phi) is 5.57. The first-order valence-electron chi connectivity index (χ1n) is 8.79. The van der Waals surface area contributed by atoms with Crippen LogP contribution in [0.5, 0.6) is 5.19 Å². The van der Waals surface area contributed by atoms with E-state index in [0.29, 0.717) is 23.3 Å². The first-order valence-corrected chi connectivity index (χ1v) is 11.2. The van der Waals surface area contributed by atoms with Crippen LogP contribution in [0.15, 0.2) is 47.4 Å². The minimum absolute atomic E-state index is 0.0733. The van der Waals surface area contributed by atoms with Crippen LogP contribution in [-0.2, 0) is 0 Å². The van der Waals surface area contributed by atoms with E-state index < -0.39 is 0 Å². The van der Waals surface area contributed by atoms with E-state index in [9.17, 15) is 4.79 Å². The van der Waals surface area contributed by atoms with Gasteiger partial charge in [0.25, 0.3) is 11.1 Å². The van der Waals surface area contributed by atoms with Crippen LogP contribution in [0.25, 0.3) is 10.2 Å². The molecular formula is C20H19ClN2O2S2. The lowest BCUT2D eigenvalue weighted by molar-refractivity contribution is 0.0592. The standard InChI is InChI=1S/C20H19ClN2O2S2/c1-26-16-7-3-2-5-14(16)19(24)23-11-9-13(10-12-23)25-20-22-18-15(21)6-4-8-17(18)27-20/h2-8,13H,9-12H2,1H3. The van der Waals surface area contributed by atoms with Crippen LogP contribution in [0, 0.1) is 0 Å². The second kappa shape index (κ2) is 8.09. The summed E-state index contributed by atoms with van der Waals surface area (Å²) in [6.07, 6.45) is 3.67. The van der Waals surface area contributed by atoms with Crippen LogP contribution < -0.4 is 4.74 Å². The lowest BCUT2D eigenvalue weighted by atomic mass is 10.1. The van der Waals surface area contributed by atoms with E-state index in [1.165, 1.54) is 11.3 Å². The topological polar surface area (TPSA) is 42.4 Å².